The van der Waals surface area contributed by atoms with Gasteiger partial charge >= 0.3 is 0 Å². The topological polar surface area (TPSA) is 47.9 Å². The third-order valence-electron chi connectivity index (χ3n) is 2.09. The van der Waals surface area contributed by atoms with Gasteiger partial charge in [0, 0.05) is 11.6 Å². The van der Waals surface area contributed by atoms with Gasteiger partial charge in [-0.1, -0.05) is 0 Å². The van der Waals surface area contributed by atoms with E-state index in [1.165, 1.54) is 0 Å². The summed E-state index contributed by atoms with van der Waals surface area (Å²) in [7, 11) is 0. The molecule has 0 spiro atoms. The van der Waals surface area contributed by atoms with Gasteiger partial charge in [0.1, 0.15) is 5.75 Å². The van der Waals surface area contributed by atoms with Crippen LogP contribution in [0.25, 0.3) is 0 Å². The second kappa shape index (κ2) is 3.98. The molecule has 0 aromatic heterocycles. The Hall–Kier alpha value is -1.42. The first-order chi connectivity index (χ1) is 7.20. The fourth-order valence-corrected chi connectivity index (χ4v) is 1.45. The normalized spacial score (nSPS) is 13.3. The highest BCUT2D eigenvalue weighted by Crippen LogP contribution is 2.38. The van der Waals surface area contributed by atoms with Gasteiger partial charge in [0.15, 0.2) is 11.5 Å². The van der Waals surface area contributed by atoms with Gasteiger partial charge in [-0.15, -0.1) is 0 Å². The molecule has 2 rings (SSSR count). The van der Waals surface area contributed by atoms with Crippen molar-refractivity contribution >= 4 is 0 Å². The number of benzene rings is 1. The summed E-state index contributed by atoms with van der Waals surface area (Å²) in [5.41, 5.74) is 0.716. The molecule has 0 saturated carbocycles. The fourth-order valence-electron chi connectivity index (χ4n) is 1.45. The van der Waals surface area contributed by atoms with Crippen LogP contribution in [0.3, 0.4) is 0 Å². The molecular formula is C11H14O4. The molecule has 0 bridgehead atoms. The zero-order valence-corrected chi connectivity index (χ0v) is 8.82. The highest BCUT2D eigenvalue weighted by molar-refractivity contribution is 5.51. The van der Waals surface area contributed by atoms with E-state index >= 15 is 0 Å². The largest absolute Gasteiger partial charge is 0.490 e. The molecule has 0 unspecified atom stereocenters. The number of aliphatic hydroxyl groups is 1. The average Bonchev–Trinajstić information content (AvgIpc) is 2.62. The molecular weight excluding hydrogens is 196 g/mol. The van der Waals surface area contributed by atoms with Gasteiger partial charge in [0.2, 0.25) is 6.79 Å². The van der Waals surface area contributed by atoms with Crippen LogP contribution in [0.1, 0.15) is 19.4 Å². The maximum atomic E-state index is 9.19. The number of ether oxygens (including phenoxy) is 3. The number of rotatable bonds is 3. The molecule has 0 fully saturated rings. The third-order valence-corrected chi connectivity index (χ3v) is 2.09. The summed E-state index contributed by atoms with van der Waals surface area (Å²) in [6, 6.07) is 3.51. The van der Waals surface area contributed by atoms with Crippen molar-refractivity contribution in [1.29, 1.82) is 0 Å². The maximum Gasteiger partial charge on any atom is 0.231 e. The summed E-state index contributed by atoms with van der Waals surface area (Å²) in [5, 5.41) is 9.19. The molecule has 1 aromatic carbocycles. The molecule has 0 radical (unpaired) electrons. The van der Waals surface area contributed by atoms with Crippen LogP contribution >= 0.6 is 0 Å². The van der Waals surface area contributed by atoms with E-state index in [0.29, 0.717) is 22.8 Å². The van der Waals surface area contributed by atoms with Crippen molar-refractivity contribution in [3.8, 4) is 17.2 Å². The van der Waals surface area contributed by atoms with E-state index in [0.717, 1.165) is 0 Å². The monoisotopic (exact) mass is 210 g/mol. The molecule has 1 aliphatic heterocycles. The first kappa shape index (κ1) is 10.1. The SMILES string of the molecule is CC(C)Oc1cc2c(cc1CO)OCO2. The Bertz CT molecular complexity index is 360. The molecule has 0 aliphatic carbocycles. The van der Waals surface area contributed by atoms with Gasteiger partial charge in [-0.2, -0.15) is 0 Å². The van der Waals surface area contributed by atoms with Crippen molar-refractivity contribution in [2.75, 3.05) is 6.79 Å². The van der Waals surface area contributed by atoms with Crippen LogP contribution < -0.4 is 14.2 Å². The van der Waals surface area contributed by atoms with Gasteiger partial charge in [-0.3, -0.25) is 0 Å². The summed E-state index contributed by atoms with van der Waals surface area (Å²) in [5.74, 6) is 1.98. The minimum Gasteiger partial charge on any atom is -0.490 e. The van der Waals surface area contributed by atoms with E-state index in [4.69, 9.17) is 14.2 Å². The predicted molar refractivity (Wildman–Crippen MR) is 54.3 cm³/mol. The Morgan fingerprint density at radius 3 is 2.60 bits per heavy atom. The lowest BCUT2D eigenvalue weighted by atomic mass is 10.2. The van der Waals surface area contributed by atoms with Crippen LogP contribution in [-0.4, -0.2) is 18.0 Å². The standard InChI is InChI=1S/C11H14O4/c1-7(2)15-9-4-11-10(13-6-14-11)3-8(9)5-12/h3-4,7,12H,5-6H2,1-2H3. The van der Waals surface area contributed by atoms with Crippen LogP contribution in [-0.2, 0) is 6.61 Å². The number of aliphatic hydroxyl groups excluding tert-OH is 1. The zero-order chi connectivity index (χ0) is 10.8. The van der Waals surface area contributed by atoms with Crippen LogP contribution in [0.2, 0.25) is 0 Å². The van der Waals surface area contributed by atoms with Gasteiger partial charge in [0.05, 0.1) is 12.7 Å². The van der Waals surface area contributed by atoms with Crippen molar-refractivity contribution in [1.82, 2.24) is 0 Å². The van der Waals surface area contributed by atoms with E-state index in [9.17, 15) is 5.11 Å². The second-order valence-corrected chi connectivity index (χ2v) is 3.64. The lowest BCUT2D eigenvalue weighted by Crippen LogP contribution is -2.07. The van der Waals surface area contributed by atoms with Crippen molar-refractivity contribution < 1.29 is 19.3 Å². The smallest absolute Gasteiger partial charge is 0.231 e. The second-order valence-electron chi connectivity index (χ2n) is 3.64. The third kappa shape index (κ3) is 1.99. The first-order valence-corrected chi connectivity index (χ1v) is 4.90. The molecule has 1 aliphatic rings. The highest BCUT2D eigenvalue weighted by Gasteiger charge is 2.18. The Kier molecular flexibility index (Phi) is 2.68. The molecule has 4 heteroatoms. The maximum absolute atomic E-state index is 9.19. The summed E-state index contributed by atoms with van der Waals surface area (Å²) < 4.78 is 16.0. The fraction of sp³-hybridized carbons (Fsp3) is 0.455. The van der Waals surface area contributed by atoms with E-state index in [-0.39, 0.29) is 19.5 Å². The average molecular weight is 210 g/mol. The van der Waals surface area contributed by atoms with Gasteiger partial charge in [0.25, 0.3) is 0 Å². The van der Waals surface area contributed by atoms with Crippen LogP contribution in [0.5, 0.6) is 17.2 Å². The van der Waals surface area contributed by atoms with Gasteiger partial charge in [-0.05, 0) is 19.9 Å². The highest BCUT2D eigenvalue weighted by atomic mass is 16.7. The molecule has 1 N–H and O–H groups in total. The van der Waals surface area contributed by atoms with E-state index in [2.05, 4.69) is 0 Å². The first-order valence-electron chi connectivity index (χ1n) is 4.90. The van der Waals surface area contributed by atoms with Crippen molar-refractivity contribution in [2.24, 2.45) is 0 Å². The van der Waals surface area contributed by atoms with Crippen molar-refractivity contribution in [2.45, 2.75) is 26.6 Å². The minimum atomic E-state index is -0.0707. The lowest BCUT2D eigenvalue weighted by Gasteiger charge is -2.13. The summed E-state index contributed by atoms with van der Waals surface area (Å²) in [6.07, 6.45) is 0.0654. The molecule has 0 saturated heterocycles. The minimum absolute atomic E-state index is 0.0654. The molecule has 1 aromatic rings. The quantitative estimate of drug-likeness (QED) is 0.824. The molecule has 15 heavy (non-hydrogen) atoms. The predicted octanol–water partition coefficient (Wildman–Crippen LogP) is 1.69. The Morgan fingerprint density at radius 2 is 2.00 bits per heavy atom. The van der Waals surface area contributed by atoms with Crippen LogP contribution in [0, 0.1) is 0 Å². The number of hydrogen-bond donors (Lipinski definition) is 1. The summed E-state index contributed by atoms with van der Waals surface area (Å²) in [6.45, 7) is 4.03. The lowest BCUT2D eigenvalue weighted by molar-refractivity contribution is 0.173. The van der Waals surface area contributed by atoms with Gasteiger partial charge < -0.3 is 19.3 Å². The summed E-state index contributed by atoms with van der Waals surface area (Å²) in [4.78, 5) is 0. The van der Waals surface area contributed by atoms with Crippen LogP contribution in [0.15, 0.2) is 12.1 Å². The van der Waals surface area contributed by atoms with E-state index < -0.39 is 0 Å². The van der Waals surface area contributed by atoms with E-state index in [1.54, 1.807) is 12.1 Å². The number of fused-ring (bicyclic) bond motifs is 1. The van der Waals surface area contributed by atoms with Crippen molar-refractivity contribution in [3.05, 3.63) is 17.7 Å². The summed E-state index contributed by atoms with van der Waals surface area (Å²) >= 11 is 0. The van der Waals surface area contributed by atoms with Gasteiger partial charge in [-0.25, -0.2) is 0 Å². The van der Waals surface area contributed by atoms with Crippen molar-refractivity contribution in [3.63, 3.8) is 0 Å². The molecule has 4 nitrogen and oxygen atoms in total. The Morgan fingerprint density at radius 1 is 1.33 bits per heavy atom. The molecule has 82 valence electrons. The zero-order valence-electron chi connectivity index (χ0n) is 8.82. The molecule has 0 amide bonds. The Labute approximate surface area is 88.4 Å². The number of hydrogen-bond acceptors (Lipinski definition) is 4. The molecule has 1 heterocycles. The van der Waals surface area contributed by atoms with Crippen LogP contribution in [0.4, 0.5) is 0 Å². The molecule has 0 atom stereocenters. The van der Waals surface area contributed by atoms with E-state index in [1.807, 2.05) is 13.8 Å². The Balaban J connectivity index is 2.35.